The van der Waals surface area contributed by atoms with E-state index in [9.17, 15) is 20.1 Å². The number of hydrogen-bond acceptors (Lipinski definition) is 11. The second-order valence-electron chi connectivity index (χ2n) is 10.5. The van der Waals surface area contributed by atoms with Gasteiger partial charge in [0.05, 0.1) is 28.6 Å². The molecule has 3 aromatic rings. The Balaban J connectivity index is 1.22. The Morgan fingerprint density at radius 3 is 2.58 bits per heavy atom. The smallest absolute Gasteiger partial charge is 0.235 e. The average Bonchev–Trinajstić information content (AvgIpc) is 3.49. The highest BCUT2D eigenvalue weighted by Crippen LogP contribution is 2.34. The zero-order valence-corrected chi connectivity index (χ0v) is 21.7. The lowest BCUT2D eigenvalue weighted by atomic mass is 9.91. The van der Waals surface area contributed by atoms with E-state index in [4.69, 9.17) is 4.98 Å². The highest BCUT2D eigenvalue weighted by atomic mass is 32.1. The molecule has 0 radical (unpaired) electrons. The lowest BCUT2D eigenvalue weighted by Crippen LogP contribution is -2.71. The molecule has 1 saturated carbocycles. The van der Waals surface area contributed by atoms with Crippen LogP contribution in [0.3, 0.4) is 0 Å². The quantitative estimate of drug-likeness (QED) is 0.253. The summed E-state index contributed by atoms with van der Waals surface area (Å²) in [5.74, 6) is -0.810. The van der Waals surface area contributed by atoms with Crippen LogP contribution in [-0.2, 0) is 4.79 Å². The third kappa shape index (κ3) is 4.93. The number of fused-ring (bicyclic) bond motifs is 1. The van der Waals surface area contributed by atoms with E-state index in [1.807, 2.05) is 36.7 Å². The number of likely N-dealkylation sites (tertiary alicyclic amines) is 1. The number of benzene rings is 1. The number of piperidine rings is 1. The minimum absolute atomic E-state index is 0.143. The van der Waals surface area contributed by atoms with Gasteiger partial charge in [-0.2, -0.15) is 0 Å². The van der Waals surface area contributed by atoms with Crippen molar-refractivity contribution in [3.05, 3.63) is 53.6 Å². The first-order valence-corrected chi connectivity index (χ1v) is 14.0. The monoisotopic (exact) mass is 539 g/mol. The van der Waals surface area contributed by atoms with Crippen LogP contribution in [0.5, 0.6) is 0 Å². The van der Waals surface area contributed by atoms with Gasteiger partial charge in [0, 0.05) is 44.0 Å². The summed E-state index contributed by atoms with van der Waals surface area (Å²) in [4.78, 5) is 28.9. The van der Waals surface area contributed by atoms with Crippen LogP contribution in [0.25, 0.3) is 10.2 Å². The van der Waals surface area contributed by atoms with Gasteiger partial charge in [0.2, 0.25) is 5.91 Å². The predicted molar refractivity (Wildman–Crippen MR) is 141 cm³/mol. The number of aromatic nitrogens is 3. The maximum Gasteiger partial charge on any atom is 0.235 e. The van der Waals surface area contributed by atoms with Gasteiger partial charge in [0.15, 0.2) is 0 Å². The minimum Gasteiger partial charge on any atom is -0.396 e. The van der Waals surface area contributed by atoms with E-state index in [0.717, 1.165) is 41.7 Å². The summed E-state index contributed by atoms with van der Waals surface area (Å²) in [7, 11) is 0. The molecule has 0 spiro atoms. The van der Waals surface area contributed by atoms with Crippen LogP contribution in [0.2, 0.25) is 0 Å². The number of aliphatic hydroxyl groups excluding tert-OH is 3. The van der Waals surface area contributed by atoms with E-state index in [1.165, 1.54) is 17.7 Å². The number of hydrogen-bond donors (Lipinski definition) is 6. The molecule has 38 heavy (non-hydrogen) atoms. The molecule has 6 rings (SSSR count). The summed E-state index contributed by atoms with van der Waals surface area (Å²) >= 11 is 1.48. The summed E-state index contributed by atoms with van der Waals surface area (Å²) < 4.78 is 1.000. The van der Waals surface area contributed by atoms with Crippen molar-refractivity contribution in [1.82, 2.24) is 35.8 Å². The minimum atomic E-state index is -1.04. The third-order valence-corrected chi connectivity index (χ3v) is 9.30. The first-order valence-electron chi connectivity index (χ1n) is 13.2. The largest absolute Gasteiger partial charge is 0.396 e. The normalized spacial score (nSPS) is 33.0. The number of aliphatic hydroxyl groups is 3. The Hall–Kier alpha value is -2.58. The van der Waals surface area contributed by atoms with Crippen molar-refractivity contribution < 1.29 is 20.1 Å². The Labute approximate surface area is 224 Å². The number of nitrogens with one attached hydrogen (secondary N) is 3. The molecular weight excluding hydrogens is 506 g/mol. The lowest BCUT2D eigenvalue weighted by Gasteiger charge is -2.45. The van der Waals surface area contributed by atoms with E-state index in [1.54, 1.807) is 0 Å². The van der Waals surface area contributed by atoms with Crippen LogP contribution in [0.1, 0.15) is 41.7 Å². The maximum atomic E-state index is 13.6. The Morgan fingerprint density at radius 2 is 1.87 bits per heavy atom. The van der Waals surface area contributed by atoms with E-state index in [0.29, 0.717) is 17.3 Å². The summed E-state index contributed by atoms with van der Waals surface area (Å²) in [5, 5.41) is 41.5. The molecule has 7 atom stereocenters. The fourth-order valence-corrected chi connectivity index (χ4v) is 7.12. The van der Waals surface area contributed by atoms with Crippen LogP contribution in [-0.4, -0.2) is 91.5 Å². The molecule has 12 heteroatoms. The van der Waals surface area contributed by atoms with Gasteiger partial charge in [0.25, 0.3) is 0 Å². The van der Waals surface area contributed by atoms with Gasteiger partial charge < -0.3 is 20.6 Å². The molecule has 3 fully saturated rings. The Bertz CT molecular complexity index is 1220. The molecule has 2 aliphatic heterocycles. The molecule has 0 bridgehead atoms. The maximum absolute atomic E-state index is 13.6. The molecule has 3 aliphatic rings. The molecule has 6 N–H and O–H groups in total. The van der Waals surface area contributed by atoms with Crippen molar-refractivity contribution >= 4 is 27.5 Å². The number of carbonyl (C=O) groups is 1. The topological polar surface area (TPSA) is 156 Å². The summed E-state index contributed by atoms with van der Waals surface area (Å²) in [5.41, 5.74) is 1.97. The standard InChI is InChI=1S/C26H33N7O4S/c34-12-15-9-18(22(36)21(15)35)29-23-20(25-30-17-3-1-2-4-19(17)38-25)24(37)32-26(31-23)33-7-5-14(6-8-33)16-10-27-13-28-11-16/h1-4,10-11,13-15,18,20-23,26,29,31,34-36H,5-9,12H2,(H,32,37)/t15-,18-,20?,21-,22+,23?,26?/m1/s1. The van der Waals surface area contributed by atoms with Gasteiger partial charge in [-0.25, -0.2) is 15.0 Å². The van der Waals surface area contributed by atoms with Crippen LogP contribution in [0.15, 0.2) is 43.0 Å². The van der Waals surface area contributed by atoms with E-state index in [-0.39, 0.29) is 12.5 Å². The van der Waals surface area contributed by atoms with Gasteiger partial charge in [-0.3, -0.25) is 20.3 Å². The molecule has 202 valence electrons. The van der Waals surface area contributed by atoms with Crippen LogP contribution in [0.4, 0.5) is 0 Å². The molecular formula is C26H33N7O4S. The second-order valence-corrected chi connectivity index (χ2v) is 11.5. The zero-order chi connectivity index (χ0) is 26.2. The van der Waals surface area contributed by atoms with E-state index < -0.39 is 42.5 Å². The molecule has 3 unspecified atom stereocenters. The molecule has 11 nitrogen and oxygen atoms in total. The fraction of sp³-hybridized carbons (Fsp3) is 0.538. The zero-order valence-electron chi connectivity index (χ0n) is 20.8. The number of para-hydroxylation sites is 1. The summed E-state index contributed by atoms with van der Waals surface area (Å²) in [6, 6.07) is 7.31. The van der Waals surface area contributed by atoms with Gasteiger partial charge in [-0.15, -0.1) is 11.3 Å². The number of nitrogens with zero attached hydrogens (tertiary/aromatic N) is 4. The number of amides is 1. The number of rotatable bonds is 6. The highest BCUT2D eigenvalue weighted by Gasteiger charge is 2.46. The molecule has 1 aliphatic carbocycles. The van der Waals surface area contributed by atoms with Crippen LogP contribution in [0, 0.1) is 5.92 Å². The van der Waals surface area contributed by atoms with Crippen molar-refractivity contribution in [3.8, 4) is 0 Å². The third-order valence-electron chi connectivity index (χ3n) is 8.19. The van der Waals surface area contributed by atoms with Crippen molar-refractivity contribution in [2.45, 2.75) is 61.8 Å². The molecule has 2 aromatic heterocycles. The molecule has 4 heterocycles. The summed E-state index contributed by atoms with van der Waals surface area (Å²) in [6.45, 7) is 1.36. The Morgan fingerprint density at radius 1 is 1.11 bits per heavy atom. The second kappa shape index (κ2) is 10.9. The average molecular weight is 540 g/mol. The first kappa shape index (κ1) is 25.7. The van der Waals surface area contributed by atoms with Crippen molar-refractivity contribution in [1.29, 1.82) is 0 Å². The van der Waals surface area contributed by atoms with Gasteiger partial charge in [0.1, 0.15) is 23.5 Å². The highest BCUT2D eigenvalue weighted by molar-refractivity contribution is 7.18. The van der Waals surface area contributed by atoms with E-state index >= 15 is 0 Å². The molecule has 2 saturated heterocycles. The van der Waals surface area contributed by atoms with E-state index in [2.05, 4.69) is 30.8 Å². The SMILES string of the molecule is O=C1NC(N2CCC(c3cncnc3)CC2)NC(N[C@@H]2C[C@H](CO)[C@@H](O)[C@H]2O)C1c1nc2ccccc2s1. The predicted octanol–water partition coefficient (Wildman–Crippen LogP) is 0.0708. The molecule has 1 amide bonds. The Kier molecular flexibility index (Phi) is 7.36. The fourth-order valence-electron chi connectivity index (χ4n) is 6.02. The van der Waals surface area contributed by atoms with Gasteiger partial charge in [-0.05, 0) is 42.9 Å². The van der Waals surface area contributed by atoms with Crippen molar-refractivity contribution in [2.24, 2.45) is 5.92 Å². The molecule has 1 aromatic carbocycles. The summed E-state index contributed by atoms with van der Waals surface area (Å²) in [6.07, 6.45) is 4.55. The number of carbonyl (C=O) groups excluding carboxylic acids is 1. The number of thiazole rings is 1. The lowest BCUT2D eigenvalue weighted by molar-refractivity contribution is -0.130. The van der Waals surface area contributed by atoms with Crippen LogP contribution < -0.4 is 16.0 Å². The van der Waals surface area contributed by atoms with Gasteiger partial charge in [-0.1, -0.05) is 12.1 Å². The van der Waals surface area contributed by atoms with Crippen LogP contribution >= 0.6 is 11.3 Å². The van der Waals surface area contributed by atoms with Crippen molar-refractivity contribution in [2.75, 3.05) is 19.7 Å². The van der Waals surface area contributed by atoms with Crippen molar-refractivity contribution in [3.63, 3.8) is 0 Å². The first-order chi connectivity index (χ1) is 18.5. The van der Waals surface area contributed by atoms with Gasteiger partial charge >= 0.3 is 0 Å².